The zero-order chi connectivity index (χ0) is 16.3. The number of hydrogen-bond donors (Lipinski definition) is 2. The van der Waals surface area contributed by atoms with Crippen molar-refractivity contribution in [1.82, 2.24) is 5.32 Å². The van der Waals surface area contributed by atoms with E-state index in [-0.39, 0.29) is 0 Å². The summed E-state index contributed by atoms with van der Waals surface area (Å²) in [5.74, 6) is -0.602. The number of hydrogen-bond acceptors (Lipinski definition) is 3. The molecular weight excluding hydrogens is 268 g/mol. The molecule has 1 aromatic carbocycles. The maximum absolute atomic E-state index is 11.9. The first kappa shape index (κ1) is 17.0. The van der Waals surface area contributed by atoms with Crippen molar-refractivity contribution in [1.29, 1.82) is 0 Å². The van der Waals surface area contributed by atoms with Crippen molar-refractivity contribution in [3.05, 3.63) is 35.9 Å². The van der Waals surface area contributed by atoms with E-state index in [1.54, 1.807) is 20.8 Å². The molecule has 1 rings (SSSR count). The first-order valence-corrected chi connectivity index (χ1v) is 6.88. The van der Waals surface area contributed by atoms with Crippen LogP contribution in [0, 0.1) is 0 Å². The molecule has 5 nitrogen and oxygen atoms in total. The topological polar surface area (TPSA) is 81.4 Å². The number of benzene rings is 1. The molecule has 1 aromatic rings. The van der Waals surface area contributed by atoms with Crippen LogP contribution in [-0.2, 0) is 14.9 Å². The molecule has 116 valence electrons. The Kier molecular flexibility index (Phi) is 4.99. The predicted molar refractivity (Wildman–Crippen MR) is 81.8 cm³/mol. The summed E-state index contributed by atoms with van der Waals surface area (Å²) in [4.78, 5) is 23.7. The van der Waals surface area contributed by atoms with Crippen LogP contribution in [0.25, 0.3) is 0 Å². The average Bonchev–Trinajstić information content (AvgIpc) is 2.34. The van der Waals surface area contributed by atoms with Gasteiger partial charge in [-0.3, -0.25) is 4.79 Å². The highest BCUT2D eigenvalue weighted by atomic mass is 16.6. The molecule has 0 fully saturated rings. The van der Waals surface area contributed by atoms with Gasteiger partial charge in [-0.05, 0) is 26.3 Å². The van der Waals surface area contributed by atoms with Crippen LogP contribution in [0.3, 0.4) is 0 Å². The van der Waals surface area contributed by atoms with Crippen molar-refractivity contribution in [2.24, 2.45) is 5.73 Å². The first-order valence-electron chi connectivity index (χ1n) is 6.88. The molecule has 1 atom stereocenters. The monoisotopic (exact) mass is 292 g/mol. The number of carbonyl (C=O) groups excluding carboxylic acids is 2. The summed E-state index contributed by atoms with van der Waals surface area (Å²) in [6.07, 6.45) is -0.657. The normalized spacial score (nSPS) is 13.4. The lowest BCUT2D eigenvalue weighted by Gasteiger charge is -2.33. The van der Waals surface area contributed by atoms with E-state index in [2.05, 4.69) is 5.32 Å². The van der Waals surface area contributed by atoms with Crippen LogP contribution < -0.4 is 11.1 Å². The van der Waals surface area contributed by atoms with Gasteiger partial charge in [0.05, 0.1) is 0 Å². The van der Waals surface area contributed by atoms with Crippen LogP contribution in [0.1, 0.15) is 40.2 Å². The van der Waals surface area contributed by atoms with Crippen molar-refractivity contribution in [2.75, 3.05) is 0 Å². The van der Waals surface area contributed by atoms with E-state index in [0.29, 0.717) is 0 Å². The van der Waals surface area contributed by atoms with E-state index in [0.717, 1.165) is 5.56 Å². The fraction of sp³-hybridized carbons (Fsp3) is 0.500. The number of carbonyl (C=O) groups is 2. The lowest BCUT2D eigenvalue weighted by Crippen LogP contribution is -2.55. The van der Waals surface area contributed by atoms with E-state index >= 15 is 0 Å². The van der Waals surface area contributed by atoms with Crippen LogP contribution >= 0.6 is 0 Å². The molecule has 3 N–H and O–H groups in total. The standard InChI is InChI=1S/C16H24N2O3/c1-15(2,3)21-14(20)18-12(13(17)19)16(4,5)11-9-7-6-8-10-11/h6-10,12H,1-5H3,(H2,17,19)(H,18,20)/t12-/m1/s1. The maximum atomic E-state index is 11.9. The van der Waals surface area contributed by atoms with E-state index in [9.17, 15) is 9.59 Å². The minimum absolute atomic E-state index is 0.602. The smallest absolute Gasteiger partial charge is 0.408 e. The van der Waals surface area contributed by atoms with Crippen LogP contribution in [-0.4, -0.2) is 23.6 Å². The molecule has 0 bridgehead atoms. The zero-order valence-electron chi connectivity index (χ0n) is 13.3. The molecule has 0 unspecified atom stereocenters. The highest BCUT2D eigenvalue weighted by Gasteiger charge is 2.37. The number of nitrogens with one attached hydrogen (secondary N) is 1. The molecule has 5 heteroatoms. The molecule has 0 saturated carbocycles. The fourth-order valence-corrected chi connectivity index (χ4v) is 2.07. The Labute approximate surface area is 125 Å². The average molecular weight is 292 g/mol. The SMILES string of the molecule is CC(C)(C)OC(=O)N[C@H](C(N)=O)C(C)(C)c1ccccc1. The van der Waals surface area contributed by atoms with Gasteiger partial charge in [-0.15, -0.1) is 0 Å². The van der Waals surface area contributed by atoms with Crippen molar-refractivity contribution < 1.29 is 14.3 Å². The summed E-state index contributed by atoms with van der Waals surface area (Å²) in [6.45, 7) is 8.99. The number of rotatable bonds is 4. The molecule has 0 spiro atoms. The van der Waals surface area contributed by atoms with Crippen LogP contribution in [0.4, 0.5) is 4.79 Å². The lowest BCUT2D eigenvalue weighted by molar-refractivity contribution is -0.121. The van der Waals surface area contributed by atoms with E-state index in [1.807, 2.05) is 44.2 Å². The number of ether oxygens (including phenoxy) is 1. The lowest BCUT2D eigenvalue weighted by atomic mass is 9.77. The molecule has 0 aliphatic rings. The number of alkyl carbamates (subject to hydrolysis) is 1. The third-order valence-corrected chi connectivity index (χ3v) is 3.19. The molecule has 2 amide bonds. The van der Waals surface area contributed by atoms with Gasteiger partial charge in [-0.2, -0.15) is 0 Å². The van der Waals surface area contributed by atoms with Crippen molar-refractivity contribution in [3.63, 3.8) is 0 Å². The Balaban J connectivity index is 2.97. The van der Waals surface area contributed by atoms with Crippen LogP contribution in [0.2, 0.25) is 0 Å². The van der Waals surface area contributed by atoms with Gasteiger partial charge in [0.15, 0.2) is 0 Å². The maximum Gasteiger partial charge on any atom is 0.408 e. The van der Waals surface area contributed by atoms with E-state index in [4.69, 9.17) is 10.5 Å². The van der Waals surface area contributed by atoms with Crippen molar-refractivity contribution in [2.45, 2.75) is 51.7 Å². The first-order chi connectivity index (χ1) is 9.54. The molecule has 0 heterocycles. The van der Waals surface area contributed by atoms with E-state index < -0.39 is 29.1 Å². The highest BCUT2D eigenvalue weighted by molar-refractivity contribution is 5.86. The Hall–Kier alpha value is -2.04. The molecule has 0 aromatic heterocycles. The molecule has 21 heavy (non-hydrogen) atoms. The second-order valence-corrected chi connectivity index (χ2v) is 6.57. The summed E-state index contributed by atoms with van der Waals surface area (Å²) in [5, 5.41) is 2.58. The highest BCUT2D eigenvalue weighted by Crippen LogP contribution is 2.27. The van der Waals surface area contributed by atoms with E-state index in [1.165, 1.54) is 0 Å². The fourth-order valence-electron chi connectivity index (χ4n) is 2.07. The Morgan fingerprint density at radius 1 is 1.10 bits per heavy atom. The second-order valence-electron chi connectivity index (χ2n) is 6.57. The Morgan fingerprint density at radius 2 is 1.62 bits per heavy atom. The summed E-state index contributed by atoms with van der Waals surface area (Å²) in [5.41, 5.74) is 5.09. The zero-order valence-corrected chi connectivity index (χ0v) is 13.3. The molecule has 0 saturated heterocycles. The summed E-state index contributed by atoms with van der Waals surface area (Å²) >= 11 is 0. The quantitative estimate of drug-likeness (QED) is 0.893. The summed E-state index contributed by atoms with van der Waals surface area (Å²) in [6, 6.07) is 8.57. The van der Waals surface area contributed by atoms with Crippen molar-refractivity contribution in [3.8, 4) is 0 Å². The van der Waals surface area contributed by atoms with Gasteiger partial charge in [0, 0.05) is 5.41 Å². The van der Waals surface area contributed by atoms with Gasteiger partial charge in [-0.1, -0.05) is 44.2 Å². The largest absolute Gasteiger partial charge is 0.444 e. The third kappa shape index (κ3) is 4.77. The molecular formula is C16H24N2O3. The molecule has 0 radical (unpaired) electrons. The van der Waals surface area contributed by atoms with Gasteiger partial charge in [0.25, 0.3) is 0 Å². The predicted octanol–water partition coefficient (Wildman–Crippen LogP) is 2.34. The number of nitrogens with two attached hydrogens (primary N) is 1. The van der Waals surface area contributed by atoms with Gasteiger partial charge in [0.1, 0.15) is 11.6 Å². The minimum atomic E-state index is -0.866. The van der Waals surface area contributed by atoms with Crippen molar-refractivity contribution >= 4 is 12.0 Å². The Bertz CT molecular complexity index is 504. The van der Waals surface area contributed by atoms with Gasteiger partial charge < -0.3 is 15.8 Å². The number of amides is 2. The molecule has 0 aliphatic heterocycles. The van der Waals surface area contributed by atoms with Crippen LogP contribution in [0.5, 0.6) is 0 Å². The Morgan fingerprint density at radius 3 is 2.05 bits per heavy atom. The van der Waals surface area contributed by atoms with Gasteiger partial charge >= 0.3 is 6.09 Å². The van der Waals surface area contributed by atoms with Gasteiger partial charge in [-0.25, -0.2) is 4.79 Å². The summed E-state index contributed by atoms with van der Waals surface area (Å²) in [7, 11) is 0. The minimum Gasteiger partial charge on any atom is -0.444 e. The number of primary amides is 1. The summed E-state index contributed by atoms with van der Waals surface area (Å²) < 4.78 is 5.19. The second kappa shape index (κ2) is 6.16. The van der Waals surface area contributed by atoms with Crippen LogP contribution in [0.15, 0.2) is 30.3 Å². The third-order valence-electron chi connectivity index (χ3n) is 3.19. The van der Waals surface area contributed by atoms with Gasteiger partial charge in [0.2, 0.25) is 5.91 Å². The molecule has 0 aliphatic carbocycles.